The Morgan fingerprint density at radius 2 is 2.05 bits per heavy atom. The first-order chi connectivity index (χ1) is 9.22. The van der Waals surface area contributed by atoms with Crippen molar-refractivity contribution in [3.05, 3.63) is 33.2 Å². The van der Waals surface area contributed by atoms with Crippen LogP contribution in [0.3, 0.4) is 0 Å². The Hall–Kier alpha value is -1.33. The fourth-order valence-corrected chi connectivity index (χ4v) is 2.41. The van der Waals surface area contributed by atoms with Crippen molar-refractivity contribution in [3.8, 4) is 0 Å². The van der Waals surface area contributed by atoms with Crippen LogP contribution in [0.5, 0.6) is 0 Å². The van der Waals surface area contributed by atoms with Crippen molar-refractivity contribution in [2.75, 3.05) is 20.1 Å². The van der Waals surface area contributed by atoms with E-state index < -0.39 is 0 Å². The molecule has 0 fully saturated rings. The summed E-state index contributed by atoms with van der Waals surface area (Å²) in [6.07, 6.45) is 4.95. The lowest BCUT2D eigenvalue weighted by Crippen LogP contribution is -2.32. The number of rotatable bonds is 5. The summed E-state index contributed by atoms with van der Waals surface area (Å²) in [5.41, 5.74) is 2.09. The highest BCUT2D eigenvalue weighted by Gasteiger charge is 2.16. The SMILES string of the molecule is CNCCCNC(=O)c1cc2c([nH]c1=O)CCCC2.Cl. The number of hydrogen-bond acceptors (Lipinski definition) is 3. The van der Waals surface area contributed by atoms with Crippen LogP contribution in [-0.2, 0) is 12.8 Å². The molecule has 20 heavy (non-hydrogen) atoms. The van der Waals surface area contributed by atoms with Gasteiger partial charge in [0.1, 0.15) is 5.56 Å². The molecule has 1 aliphatic carbocycles. The van der Waals surface area contributed by atoms with E-state index in [1.165, 1.54) is 0 Å². The van der Waals surface area contributed by atoms with Crippen LogP contribution >= 0.6 is 12.4 Å². The van der Waals surface area contributed by atoms with Crippen LogP contribution < -0.4 is 16.2 Å². The van der Waals surface area contributed by atoms with Crippen LogP contribution in [0.1, 0.15) is 40.9 Å². The van der Waals surface area contributed by atoms with Gasteiger partial charge in [-0.1, -0.05) is 0 Å². The second kappa shape index (κ2) is 8.07. The number of aromatic amines is 1. The van der Waals surface area contributed by atoms with E-state index in [-0.39, 0.29) is 29.4 Å². The lowest BCUT2D eigenvalue weighted by atomic mass is 9.95. The maximum Gasteiger partial charge on any atom is 0.261 e. The predicted octanol–water partition coefficient (Wildman–Crippen LogP) is 1.01. The molecule has 3 N–H and O–H groups in total. The monoisotopic (exact) mass is 299 g/mol. The first-order valence-corrected chi connectivity index (χ1v) is 6.90. The minimum Gasteiger partial charge on any atom is -0.352 e. The minimum atomic E-state index is -0.272. The van der Waals surface area contributed by atoms with Gasteiger partial charge in [0.15, 0.2) is 0 Å². The minimum absolute atomic E-state index is 0. The molecular weight excluding hydrogens is 278 g/mol. The first-order valence-electron chi connectivity index (χ1n) is 6.90. The number of amides is 1. The molecular formula is C14H22ClN3O2. The van der Waals surface area contributed by atoms with E-state index in [1.807, 2.05) is 7.05 Å². The maximum absolute atomic E-state index is 12.0. The topological polar surface area (TPSA) is 74.0 Å². The van der Waals surface area contributed by atoms with E-state index in [9.17, 15) is 9.59 Å². The third-order valence-electron chi connectivity index (χ3n) is 3.47. The van der Waals surface area contributed by atoms with Gasteiger partial charge in [-0.05, 0) is 57.3 Å². The average molecular weight is 300 g/mol. The number of fused-ring (bicyclic) bond motifs is 1. The highest BCUT2D eigenvalue weighted by Crippen LogP contribution is 2.18. The van der Waals surface area contributed by atoms with Gasteiger partial charge < -0.3 is 15.6 Å². The van der Waals surface area contributed by atoms with E-state index in [4.69, 9.17) is 0 Å². The first kappa shape index (κ1) is 16.7. The molecule has 0 unspecified atom stereocenters. The van der Waals surface area contributed by atoms with Crippen molar-refractivity contribution in [2.24, 2.45) is 0 Å². The zero-order chi connectivity index (χ0) is 13.7. The Balaban J connectivity index is 0.00000200. The van der Waals surface area contributed by atoms with Gasteiger partial charge in [0, 0.05) is 12.2 Å². The number of hydrogen-bond donors (Lipinski definition) is 3. The fraction of sp³-hybridized carbons (Fsp3) is 0.571. The number of halogens is 1. The van der Waals surface area contributed by atoms with Gasteiger partial charge in [-0.15, -0.1) is 12.4 Å². The van der Waals surface area contributed by atoms with Gasteiger partial charge in [-0.3, -0.25) is 9.59 Å². The molecule has 1 heterocycles. The van der Waals surface area contributed by atoms with E-state index in [0.717, 1.165) is 49.9 Å². The van der Waals surface area contributed by atoms with Crippen LogP contribution in [0, 0.1) is 0 Å². The summed E-state index contributed by atoms with van der Waals surface area (Å²) >= 11 is 0. The summed E-state index contributed by atoms with van der Waals surface area (Å²) in [5, 5.41) is 5.80. The standard InChI is InChI=1S/C14H21N3O2.ClH/c1-15-7-4-8-16-13(18)11-9-10-5-2-3-6-12(10)17-14(11)19;/h9,15H,2-8H2,1H3,(H,16,18)(H,17,19);1H. The van der Waals surface area contributed by atoms with Crippen molar-refractivity contribution in [3.63, 3.8) is 0 Å². The lowest BCUT2D eigenvalue weighted by molar-refractivity contribution is 0.0951. The molecule has 0 radical (unpaired) electrons. The summed E-state index contributed by atoms with van der Waals surface area (Å²) in [5.74, 6) is -0.272. The lowest BCUT2D eigenvalue weighted by Gasteiger charge is -2.15. The molecule has 112 valence electrons. The molecule has 1 aliphatic rings. The zero-order valence-electron chi connectivity index (χ0n) is 11.8. The zero-order valence-corrected chi connectivity index (χ0v) is 12.6. The van der Waals surface area contributed by atoms with Gasteiger partial charge in [-0.2, -0.15) is 0 Å². The van der Waals surface area contributed by atoms with Crippen LogP contribution in [0.2, 0.25) is 0 Å². The summed E-state index contributed by atoms with van der Waals surface area (Å²) in [4.78, 5) is 26.7. The average Bonchev–Trinajstić information content (AvgIpc) is 2.42. The normalized spacial score (nSPS) is 13.2. The van der Waals surface area contributed by atoms with Crippen LogP contribution in [0.15, 0.2) is 10.9 Å². The number of carbonyl (C=O) groups excluding carboxylic acids is 1. The van der Waals surface area contributed by atoms with Crippen molar-refractivity contribution < 1.29 is 4.79 Å². The molecule has 5 nitrogen and oxygen atoms in total. The van der Waals surface area contributed by atoms with Gasteiger partial charge in [0.05, 0.1) is 0 Å². The summed E-state index contributed by atoms with van der Waals surface area (Å²) < 4.78 is 0. The Morgan fingerprint density at radius 3 is 2.80 bits per heavy atom. The number of nitrogens with one attached hydrogen (secondary N) is 3. The van der Waals surface area contributed by atoms with Crippen LogP contribution in [0.25, 0.3) is 0 Å². The Labute approximate surface area is 125 Å². The fourth-order valence-electron chi connectivity index (χ4n) is 2.41. The van der Waals surface area contributed by atoms with Crippen LogP contribution in [0.4, 0.5) is 0 Å². The Bertz CT molecular complexity index is 514. The molecule has 2 rings (SSSR count). The predicted molar refractivity (Wildman–Crippen MR) is 81.8 cm³/mol. The van der Waals surface area contributed by atoms with Gasteiger partial charge in [0.2, 0.25) is 0 Å². The highest BCUT2D eigenvalue weighted by molar-refractivity contribution is 5.94. The molecule has 1 aromatic rings. The molecule has 0 aliphatic heterocycles. The Morgan fingerprint density at radius 1 is 1.30 bits per heavy atom. The second-order valence-corrected chi connectivity index (χ2v) is 4.94. The molecule has 1 amide bonds. The number of H-pyrrole nitrogens is 1. The third kappa shape index (κ3) is 4.08. The summed E-state index contributed by atoms with van der Waals surface area (Å²) in [6, 6.07) is 1.76. The summed E-state index contributed by atoms with van der Waals surface area (Å²) in [7, 11) is 1.87. The number of aryl methyl sites for hydroxylation is 2. The highest BCUT2D eigenvalue weighted by atomic mass is 35.5. The summed E-state index contributed by atoms with van der Waals surface area (Å²) in [6.45, 7) is 1.43. The van der Waals surface area contributed by atoms with Crippen molar-refractivity contribution in [1.82, 2.24) is 15.6 Å². The van der Waals surface area contributed by atoms with Crippen molar-refractivity contribution >= 4 is 18.3 Å². The van der Waals surface area contributed by atoms with Gasteiger partial charge in [0.25, 0.3) is 11.5 Å². The number of aromatic nitrogens is 1. The molecule has 0 saturated heterocycles. The molecule has 0 spiro atoms. The molecule has 0 atom stereocenters. The third-order valence-corrected chi connectivity index (χ3v) is 3.47. The van der Waals surface area contributed by atoms with E-state index in [2.05, 4.69) is 15.6 Å². The number of pyridine rings is 1. The number of carbonyl (C=O) groups is 1. The molecule has 1 aromatic heterocycles. The molecule has 0 saturated carbocycles. The van der Waals surface area contributed by atoms with E-state index in [1.54, 1.807) is 6.07 Å². The van der Waals surface area contributed by atoms with E-state index >= 15 is 0 Å². The van der Waals surface area contributed by atoms with Crippen LogP contribution in [-0.4, -0.2) is 31.0 Å². The largest absolute Gasteiger partial charge is 0.352 e. The Kier molecular flexibility index (Phi) is 6.75. The van der Waals surface area contributed by atoms with Crippen molar-refractivity contribution in [1.29, 1.82) is 0 Å². The van der Waals surface area contributed by atoms with Crippen molar-refractivity contribution in [2.45, 2.75) is 32.1 Å². The molecule has 0 aromatic carbocycles. The maximum atomic E-state index is 12.0. The van der Waals surface area contributed by atoms with E-state index in [0.29, 0.717) is 6.54 Å². The molecule has 0 bridgehead atoms. The second-order valence-electron chi connectivity index (χ2n) is 4.94. The smallest absolute Gasteiger partial charge is 0.261 e. The molecule has 6 heteroatoms. The van der Waals surface area contributed by atoms with Gasteiger partial charge in [-0.25, -0.2) is 0 Å². The quantitative estimate of drug-likeness (QED) is 0.711. The van der Waals surface area contributed by atoms with Gasteiger partial charge >= 0.3 is 0 Å².